The van der Waals surface area contributed by atoms with Gasteiger partial charge in [0.15, 0.2) is 0 Å². The number of anilines is 2. The van der Waals surface area contributed by atoms with Crippen molar-refractivity contribution in [3.8, 4) is 0 Å². The number of benzene rings is 2. The number of rotatable bonds is 4. The minimum absolute atomic E-state index is 0.0182. The monoisotopic (exact) mass is 458 g/mol. The van der Waals surface area contributed by atoms with Gasteiger partial charge in [0.1, 0.15) is 5.56 Å². The molecule has 2 saturated heterocycles. The fourth-order valence-electron chi connectivity index (χ4n) is 4.42. The average Bonchev–Trinajstić information content (AvgIpc) is 3.12. The van der Waals surface area contributed by atoms with Gasteiger partial charge < -0.3 is 9.80 Å². The number of hydrogen-bond donors (Lipinski definition) is 0. The molecule has 9 nitrogen and oxygen atoms in total. The van der Waals surface area contributed by atoms with E-state index in [-0.39, 0.29) is 29.2 Å². The lowest BCUT2D eigenvalue weighted by Gasteiger charge is -2.37. The number of amides is 1. The van der Waals surface area contributed by atoms with Gasteiger partial charge in [0, 0.05) is 44.5 Å². The lowest BCUT2D eigenvalue weighted by atomic mass is 10.1. The maximum absolute atomic E-state index is 13.1. The fourth-order valence-corrected chi connectivity index (χ4v) is 5.97. The summed E-state index contributed by atoms with van der Waals surface area (Å²) < 4.78 is 25.5. The molecule has 10 heteroatoms. The second kappa shape index (κ2) is 8.42. The summed E-state index contributed by atoms with van der Waals surface area (Å²) in [6, 6.07) is 10.3. The Morgan fingerprint density at radius 3 is 2.31 bits per heavy atom. The molecule has 2 aliphatic rings. The van der Waals surface area contributed by atoms with Crippen LogP contribution in [0.25, 0.3) is 0 Å². The van der Waals surface area contributed by atoms with Crippen LogP contribution in [0.15, 0.2) is 36.4 Å². The quantitative estimate of drug-likeness (QED) is 0.515. The highest BCUT2D eigenvalue weighted by Crippen LogP contribution is 2.31. The second-order valence-corrected chi connectivity index (χ2v) is 10.3. The molecule has 0 atom stereocenters. The summed E-state index contributed by atoms with van der Waals surface area (Å²) in [7, 11) is -3.47. The Kier molecular flexibility index (Phi) is 5.81. The SMILES string of the molecule is Cc1ccc(N2CCN(C(=O)c3ccc(N4CCCS4(=O)=O)cc3[N+](=O)[O-])CC2)c(C)c1. The molecule has 0 saturated carbocycles. The smallest absolute Gasteiger partial charge is 0.284 e. The summed E-state index contributed by atoms with van der Waals surface area (Å²) >= 11 is 0. The van der Waals surface area contributed by atoms with E-state index in [0.717, 1.165) is 5.69 Å². The highest BCUT2D eigenvalue weighted by Gasteiger charge is 2.32. The third-order valence-corrected chi connectivity index (χ3v) is 7.93. The topological polar surface area (TPSA) is 104 Å². The lowest BCUT2D eigenvalue weighted by Crippen LogP contribution is -2.49. The summed E-state index contributed by atoms with van der Waals surface area (Å²) in [4.78, 5) is 28.0. The molecular weight excluding hydrogens is 432 g/mol. The van der Waals surface area contributed by atoms with Crippen LogP contribution in [0.1, 0.15) is 27.9 Å². The van der Waals surface area contributed by atoms with E-state index in [0.29, 0.717) is 32.6 Å². The van der Waals surface area contributed by atoms with Crippen molar-refractivity contribution in [1.29, 1.82) is 0 Å². The number of piperazine rings is 1. The highest BCUT2D eigenvalue weighted by atomic mass is 32.2. The van der Waals surface area contributed by atoms with Crippen molar-refractivity contribution in [2.75, 3.05) is 47.7 Å². The summed E-state index contributed by atoms with van der Waals surface area (Å²) in [5, 5.41) is 11.7. The first-order valence-electron chi connectivity index (χ1n) is 10.6. The molecule has 0 N–H and O–H groups in total. The minimum atomic E-state index is -3.47. The number of nitrogens with zero attached hydrogens (tertiary/aromatic N) is 4. The zero-order chi connectivity index (χ0) is 23.0. The third kappa shape index (κ3) is 4.14. The van der Waals surface area contributed by atoms with Crippen molar-refractivity contribution in [3.63, 3.8) is 0 Å². The summed E-state index contributed by atoms with van der Waals surface area (Å²) in [6.07, 6.45) is 0.474. The molecule has 0 bridgehead atoms. The van der Waals surface area contributed by atoms with Gasteiger partial charge >= 0.3 is 0 Å². The number of nitro benzene ring substituents is 1. The maximum Gasteiger partial charge on any atom is 0.284 e. The standard InChI is InChI=1S/C22H26N4O5S/c1-16-4-7-20(17(2)14-16)23-9-11-24(12-10-23)22(27)19-6-5-18(15-21(19)26(28)29)25-8-3-13-32(25,30)31/h4-7,14-15H,3,8-13H2,1-2H3. The maximum atomic E-state index is 13.1. The Bertz CT molecular complexity index is 1170. The third-order valence-electron chi connectivity index (χ3n) is 6.06. The number of nitro groups is 1. The van der Waals surface area contributed by atoms with Crippen molar-refractivity contribution in [2.45, 2.75) is 20.3 Å². The number of sulfonamides is 1. The Morgan fingerprint density at radius 2 is 1.72 bits per heavy atom. The first-order valence-corrected chi connectivity index (χ1v) is 12.2. The molecule has 2 fully saturated rings. The molecule has 0 spiro atoms. The van der Waals surface area contributed by atoms with Gasteiger partial charge in [0.25, 0.3) is 11.6 Å². The lowest BCUT2D eigenvalue weighted by molar-refractivity contribution is -0.385. The van der Waals surface area contributed by atoms with Crippen LogP contribution in [0.2, 0.25) is 0 Å². The molecule has 0 radical (unpaired) electrons. The van der Waals surface area contributed by atoms with Crippen molar-refractivity contribution in [2.24, 2.45) is 0 Å². The molecule has 0 aromatic heterocycles. The molecule has 2 aliphatic heterocycles. The van der Waals surface area contributed by atoms with E-state index in [1.165, 1.54) is 33.6 Å². The van der Waals surface area contributed by atoms with E-state index in [9.17, 15) is 23.3 Å². The van der Waals surface area contributed by atoms with Crippen LogP contribution in [-0.4, -0.2) is 62.6 Å². The van der Waals surface area contributed by atoms with Gasteiger partial charge in [-0.3, -0.25) is 19.2 Å². The van der Waals surface area contributed by atoms with Crippen LogP contribution in [0.4, 0.5) is 17.1 Å². The van der Waals surface area contributed by atoms with E-state index < -0.39 is 20.9 Å². The molecule has 1 amide bonds. The molecular formula is C22H26N4O5S. The Balaban J connectivity index is 1.53. The Morgan fingerprint density at radius 1 is 1.00 bits per heavy atom. The summed E-state index contributed by atoms with van der Waals surface area (Å²) in [6.45, 7) is 6.56. The normalized spacial score (nSPS) is 18.1. The van der Waals surface area contributed by atoms with Gasteiger partial charge in [-0.1, -0.05) is 17.7 Å². The molecule has 0 unspecified atom stereocenters. The molecule has 2 heterocycles. The zero-order valence-corrected chi connectivity index (χ0v) is 19.0. The van der Waals surface area contributed by atoms with Gasteiger partial charge in [-0.15, -0.1) is 0 Å². The predicted octanol–water partition coefficient (Wildman–Crippen LogP) is 2.71. The molecule has 2 aromatic rings. The van der Waals surface area contributed by atoms with E-state index >= 15 is 0 Å². The zero-order valence-electron chi connectivity index (χ0n) is 18.2. The van der Waals surface area contributed by atoms with Crippen molar-refractivity contribution >= 4 is 33.0 Å². The van der Waals surface area contributed by atoms with Crippen molar-refractivity contribution < 1.29 is 18.1 Å². The van der Waals surface area contributed by atoms with E-state index in [4.69, 9.17) is 0 Å². The van der Waals surface area contributed by atoms with Crippen LogP contribution >= 0.6 is 0 Å². The highest BCUT2D eigenvalue weighted by molar-refractivity contribution is 7.93. The van der Waals surface area contributed by atoms with Crippen molar-refractivity contribution in [1.82, 2.24) is 4.90 Å². The number of carbonyl (C=O) groups excluding carboxylic acids is 1. The van der Waals surface area contributed by atoms with Gasteiger partial charge in [-0.25, -0.2) is 8.42 Å². The van der Waals surface area contributed by atoms with E-state index in [1.54, 1.807) is 4.90 Å². The van der Waals surface area contributed by atoms with Crippen LogP contribution in [-0.2, 0) is 10.0 Å². The Labute approximate surface area is 187 Å². The summed E-state index contributed by atoms with van der Waals surface area (Å²) in [5.74, 6) is -0.389. The van der Waals surface area contributed by atoms with Crippen LogP contribution in [0.5, 0.6) is 0 Å². The first-order chi connectivity index (χ1) is 15.2. The van der Waals surface area contributed by atoms with E-state index in [1.807, 2.05) is 6.92 Å². The molecule has 170 valence electrons. The molecule has 0 aliphatic carbocycles. The van der Waals surface area contributed by atoms with Crippen LogP contribution in [0.3, 0.4) is 0 Å². The number of hydrogen-bond acceptors (Lipinski definition) is 6. The largest absolute Gasteiger partial charge is 0.368 e. The van der Waals surface area contributed by atoms with E-state index in [2.05, 4.69) is 30.0 Å². The minimum Gasteiger partial charge on any atom is -0.368 e. The van der Waals surface area contributed by atoms with Crippen LogP contribution < -0.4 is 9.21 Å². The van der Waals surface area contributed by atoms with Gasteiger partial charge in [0.05, 0.1) is 16.4 Å². The van der Waals surface area contributed by atoms with Gasteiger partial charge in [-0.2, -0.15) is 0 Å². The van der Waals surface area contributed by atoms with Gasteiger partial charge in [-0.05, 0) is 44.0 Å². The van der Waals surface area contributed by atoms with Crippen molar-refractivity contribution in [3.05, 3.63) is 63.2 Å². The molecule has 4 rings (SSSR count). The fraction of sp³-hybridized carbons (Fsp3) is 0.409. The van der Waals surface area contributed by atoms with Gasteiger partial charge in [0.2, 0.25) is 10.0 Å². The molecule has 32 heavy (non-hydrogen) atoms. The Hall–Kier alpha value is -3.14. The summed E-state index contributed by atoms with van der Waals surface area (Å²) in [5.41, 5.74) is 3.34. The first kappa shape index (κ1) is 22.1. The molecule has 2 aromatic carbocycles. The number of carbonyl (C=O) groups is 1. The predicted molar refractivity (Wildman–Crippen MR) is 123 cm³/mol. The average molecular weight is 459 g/mol. The number of aryl methyl sites for hydroxylation is 2. The second-order valence-electron chi connectivity index (χ2n) is 8.27. The van der Waals surface area contributed by atoms with Crippen LogP contribution in [0, 0.1) is 24.0 Å².